The summed E-state index contributed by atoms with van der Waals surface area (Å²) in [5.74, 6) is 5.95. The summed E-state index contributed by atoms with van der Waals surface area (Å²) in [6.07, 6.45) is 0. The van der Waals surface area contributed by atoms with E-state index in [2.05, 4.69) is 15.0 Å². The zero-order valence-electron chi connectivity index (χ0n) is 8.80. The van der Waals surface area contributed by atoms with Crippen molar-refractivity contribution in [2.75, 3.05) is 0 Å². The Hall–Kier alpha value is -1.44. The highest BCUT2D eigenvalue weighted by atomic mass is 32.2. The smallest absolute Gasteiger partial charge is 0.254 e. The molecular formula is C10H10FN3O2S. The molecule has 2 aromatic rings. The van der Waals surface area contributed by atoms with Crippen LogP contribution in [0.4, 0.5) is 4.39 Å². The van der Waals surface area contributed by atoms with Crippen LogP contribution in [-0.2, 0) is 17.2 Å². The second-order valence-corrected chi connectivity index (χ2v) is 4.21. The van der Waals surface area contributed by atoms with E-state index in [0.29, 0.717) is 17.5 Å². The molecule has 1 aromatic carbocycles. The fourth-order valence-electron chi connectivity index (χ4n) is 1.18. The Morgan fingerprint density at radius 2 is 2.35 bits per heavy atom. The van der Waals surface area contributed by atoms with Crippen molar-refractivity contribution in [3.63, 3.8) is 0 Å². The maximum atomic E-state index is 12.9. The Morgan fingerprint density at radius 1 is 1.47 bits per heavy atom. The predicted molar refractivity (Wildman–Crippen MR) is 59.2 cm³/mol. The third-order valence-corrected chi connectivity index (χ3v) is 2.87. The molecule has 1 heterocycles. The minimum atomic E-state index is -0.264. The first-order chi connectivity index (χ1) is 8.28. The van der Waals surface area contributed by atoms with Gasteiger partial charge in [-0.2, -0.15) is 4.98 Å². The van der Waals surface area contributed by atoms with Gasteiger partial charge in [0.05, 0.1) is 5.75 Å². The van der Waals surface area contributed by atoms with E-state index in [1.54, 1.807) is 6.07 Å². The van der Waals surface area contributed by atoms with Crippen LogP contribution in [0.1, 0.15) is 11.7 Å². The highest BCUT2D eigenvalue weighted by molar-refractivity contribution is 7.98. The highest BCUT2D eigenvalue weighted by Gasteiger charge is 2.06. The van der Waals surface area contributed by atoms with Crippen molar-refractivity contribution in [2.45, 2.75) is 17.3 Å². The highest BCUT2D eigenvalue weighted by Crippen LogP contribution is 2.21. The summed E-state index contributed by atoms with van der Waals surface area (Å²) in [5.41, 5.74) is 0. The van der Waals surface area contributed by atoms with E-state index in [-0.39, 0.29) is 12.4 Å². The van der Waals surface area contributed by atoms with Gasteiger partial charge >= 0.3 is 0 Å². The average Bonchev–Trinajstić information content (AvgIpc) is 2.75. The second-order valence-electron chi connectivity index (χ2n) is 3.16. The van der Waals surface area contributed by atoms with E-state index in [9.17, 15) is 4.39 Å². The largest absolute Gasteiger partial charge is 0.337 e. The van der Waals surface area contributed by atoms with E-state index in [1.165, 1.54) is 23.9 Å². The van der Waals surface area contributed by atoms with Gasteiger partial charge < -0.3 is 4.52 Å². The first kappa shape index (κ1) is 12.0. The lowest BCUT2D eigenvalue weighted by Gasteiger charge is -1.97. The van der Waals surface area contributed by atoms with Gasteiger partial charge in [-0.1, -0.05) is 11.2 Å². The zero-order valence-corrected chi connectivity index (χ0v) is 9.61. The molecule has 2 rings (SSSR count). The minimum Gasteiger partial charge on any atom is -0.337 e. The number of benzene rings is 1. The number of halogens is 1. The van der Waals surface area contributed by atoms with E-state index >= 15 is 0 Å². The molecule has 0 aliphatic carbocycles. The molecule has 0 bridgehead atoms. The van der Waals surface area contributed by atoms with E-state index in [4.69, 9.17) is 10.4 Å². The van der Waals surface area contributed by atoms with Gasteiger partial charge in [-0.25, -0.2) is 10.3 Å². The molecule has 0 saturated heterocycles. The van der Waals surface area contributed by atoms with E-state index in [1.807, 2.05) is 6.07 Å². The Bertz CT molecular complexity index is 492. The molecule has 90 valence electrons. The Kier molecular flexibility index (Phi) is 4.08. The number of rotatable bonds is 5. The molecule has 5 nitrogen and oxygen atoms in total. The molecule has 0 atom stereocenters. The lowest BCUT2D eigenvalue weighted by molar-refractivity contribution is 0.0995. The van der Waals surface area contributed by atoms with Gasteiger partial charge in [0.25, 0.3) is 5.89 Å². The van der Waals surface area contributed by atoms with Crippen LogP contribution in [0, 0.1) is 5.82 Å². The SMILES string of the molecule is NOCc1nc(CSc2cccc(F)c2)no1. The first-order valence-electron chi connectivity index (χ1n) is 4.79. The zero-order chi connectivity index (χ0) is 12.1. The Balaban J connectivity index is 1.93. The van der Waals surface area contributed by atoms with Crippen LogP contribution in [0.25, 0.3) is 0 Å². The fourth-order valence-corrected chi connectivity index (χ4v) is 1.97. The Morgan fingerprint density at radius 3 is 3.12 bits per heavy atom. The van der Waals surface area contributed by atoms with E-state index in [0.717, 1.165) is 4.90 Å². The summed E-state index contributed by atoms with van der Waals surface area (Å²) in [4.78, 5) is 9.22. The summed E-state index contributed by atoms with van der Waals surface area (Å²) in [6.45, 7) is 0.0810. The van der Waals surface area contributed by atoms with Crippen molar-refractivity contribution in [1.82, 2.24) is 10.1 Å². The van der Waals surface area contributed by atoms with Crippen LogP contribution < -0.4 is 5.90 Å². The van der Waals surface area contributed by atoms with Crippen LogP contribution in [-0.4, -0.2) is 10.1 Å². The third-order valence-electron chi connectivity index (χ3n) is 1.88. The van der Waals surface area contributed by atoms with Crippen molar-refractivity contribution in [2.24, 2.45) is 5.90 Å². The quantitative estimate of drug-likeness (QED) is 0.649. The van der Waals surface area contributed by atoms with Crippen LogP contribution in [0.2, 0.25) is 0 Å². The Labute approximate surface area is 101 Å². The molecule has 0 radical (unpaired) electrons. The van der Waals surface area contributed by atoms with Crippen LogP contribution in [0.15, 0.2) is 33.7 Å². The van der Waals surface area contributed by atoms with Gasteiger partial charge in [-0.05, 0) is 18.2 Å². The van der Waals surface area contributed by atoms with Crippen molar-refractivity contribution in [3.05, 3.63) is 41.8 Å². The molecule has 1 aromatic heterocycles. The number of hydrogen-bond acceptors (Lipinski definition) is 6. The molecule has 0 unspecified atom stereocenters. The number of thioether (sulfide) groups is 1. The summed E-state index contributed by atoms with van der Waals surface area (Å²) in [6, 6.07) is 6.32. The summed E-state index contributed by atoms with van der Waals surface area (Å²) in [5, 5.41) is 3.74. The molecule has 0 saturated carbocycles. The molecule has 0 aliphatic rings. The molecule has 7 heteroatoms. The molecule has 0 fully saturated rings. The number of hydrogen-bond donors (Lipinski definition) is 1. The summed E-state index contributed by atoms with van der Waals surface area (Å²) < 4.78 is 17.8. The molecular weight excluding hydrogens is 245 g/mol. The first-order valence-corrected chi connectivity index (χ1v) is 5.78. The van der Waals surface area contributed by atoms with Crippen molar-refractivity contribution >= 4 is 11.8 Å². The van der Waals surface area contributed by atoms with Gasteiger partial charge in [0.1, 0.15) is 12.4 Å². The second kappa shape index (κ2) is 5.76. The maximum Gasteiger partial charge on any atom is 0.254 e. The number of nitrogens with zero attached hydrogens (tertiary/aromatic N) is 2. The molecule has 0 amide bonds. The van der Waals surface area contributed by atoms with Crippen LogP contribution in [0.3, 0.4) is 0 Å². The van der Waals surface area contributed by atoms with Gasteiger partial charge in [0.2, 0.25) is 0 Å². The third kappa shape index (κ3) is 3.52. The molecule has 0 aliphatic heterocycles. The van der Waals surface area contributed by atoms with E-state index < -0.39 is 0 Å². The molecule has 2 N–H and O–H groups in total. The number of aromatic nitrogens is 2. The summed E-state index contributed by atoms with van der Waals surface area (Å²) >= 11 is 1.42. The lowest BCUT2D eigenvalue weighted by Crippen LogP contribution is -1.98. The van der Waals surface area contributed by atoms with Gasteiger partial charge in [0, 0.05) is 4.90 Å². The van der Waals surface area contributed by atoms with Gasteiger partial charge in [-0.3, -0.25) is 4.84 Å². The van der Waals surface area contributed by atoms with Crippen molar-refractivity contribution in [1.29, 1.82) is 0 Å². The minimum absolute atomic E-state index is 0.0810. The summed E-state index contributed by atoms with van der Waals surface area (Å²) in [7, 11) is 0. The van der Waals surface area contributed by atoms with Gasteiger partial charge in [-0.15, -0.1) is 11.8 Å². The lowest BCUT2D eigenvalue weighted by atomic mass is 10.4. The average molecular weight is 255 g/mol. The number of nitrogens with two attached hydrogens (primary N) is 1. The van der Waals surface area contributed by atoms with Crippen LogP contribution in [0.5, 0.6) is 0 Å². The molecule has 0 spiro atoms. The normalized spacial score (nSPS) is 10.7. The fraction of sp³-hybridized carbons (Fsp3) is 0.200. The standard InChI is InChI=1S/C10H10FN3O2S/c11-7-2-1-3-8(4-7)17-6-9-13-10(5-15-12)16-14-9/h1-4H,5-6,12H2. The topological polar surface area (TPSA) is 74.2 Å². The van der Waals surface area contributed by atoms with Crippen molar-refractivity contribution in [3.8, 4) is 0 Å². The van der Waals surface area contributed by atoms with Crippen molar-refractivity contribution < 1.29 is 13.8 Å². The molecule has 17 heavy (non-hydrogen) atoms. The maximum absolute atomic E-state index is 12.9. The predicted octanol–water partition coefficient (Wildman–Crippen LogP) is 1.89. The monoisotopic (exact) mass is 255 g/mol. The van der Waals surface area contributed by atoms with Gasteiger partial charge in [0.15, 0.2) is 5.82 Å². The van der Waals surface area contributed by atoms with Crippen LogP contribution >= 0.6 is 11.8 Å².